The number of nitrogens with two attached hydrogens (primary N) is 1. The molecule has 3 nitrogen and oxygen atoms in total. The van der Waals surface area contributed by atoms with E-state index in [1.165, 1.54) is 22.3 Å². The molecule has 0 fully saturated rings. The van der Waals surface area contributed by atoms with Gasteiger partial charge in [-0.3, -0.25) is 4.99 Å². The van der Waals surface area contributed by atoms with Crippen LogP contribution in [0.25, 0.3) is 11.1 Å². The van der Waals surface area contributed by atoms with E-state index in [1.807, 2.05) is 19.2 Å². The summed E-state index contributed by atoms with van der Waals surface area (Å²) in [5.41, 5.74) is 12.5. The number of nitrogens with zero attached hydrogens (tertiary/aromatic N) is 2. The van der Waals surface area contributed by atoms with E-state index in [0.29, 0.717) is 0 Å². The molecule has 152 valence electrons. The lowest BCUT2D eigenvalue weighted by Crippen LogP contribution is -2.22. The molecule has 1 aromatic heterocycles. The van der Waals surface area contributed by atoms with Crippen LogP contribution in [-0.2, 0) is 13.0 Å². The third kappa shape index (κ3) is 6.65. The zero-order valence-electron chi connectivity index (χ0n) is 17.8. The van der Waals surface area contributed by atoms with Crippen LogP contribution in [0.5, 0.6) is 0 Å². The van der Waals surface area contributed by atoms with Crippen molar-refractivity contribution in [1.29, 1.82) is 0 Å². The third-order valence-electron chi connectivity index (χ3n) is 4.37. The highest BCUT2D eigenvalue weighted by Gasteiger charge is 2.04. The van der Waals surface area contributed by atoms with Gasteiger partial charge in [-0.2, -0.15) is 0 Å². The lowest BCUT2D eigenvalue weighted by Gasteiger charge is -2.11. The molecule has 29 heavy (non-hydrogen) atoms. The fraction of sp³-hybridized carbons (Fsp3) is 0.192. The fourth-order valence-corrected chi connectivity index (χ4v) is 3.11. The van der Waals surface area contributed by atoms with Crippen molar-refractivity contribution in [2.45, 2.75) is 26.3 Å². The van der Waals surface area contributed by atoms with Crippen LogP contribution in [0.1, 0.15) is 24.5 Å². The first-order chi connectivity index (χ1) is 14.2. The van der Waals surface area contributed by atoms with Crippen molar-refractivity contribution in [2.75, 3.05) is 12.8 Å². The topological polar surface area (TPSA) is 43.3 Å². The van der Waals surface area contributed by atoms with Gasteiger partial charge in [-0.15, -0.1) is 26.3 Å². The van der Waals surface area contributed by atoms with E-state index in [9.17, 15) is 0 Å². The minimum absolute atomic E-state index is 0.805. The van der Waals surface area contributed by atoms with E-state index >= 15 is 0 Å². The van der Waals surface area contributed by atoms with Crippen LogP contribution >= 0.6 is 0 Å². The van der Waals surface area contributed by atoms with Crippen LogP contribution < -0.4 is 11.2 Å². The van der Waals surface area contributed by atoms with Gasteiger partial charge in [-0.05, 0) is 53.8 Å². The molecular weight excluding hydrogens is 354 g/mol. The maximum atomic E-state index is 5.75. The molecule has 0 amide bonds. The highest BCUT2D eigenvalue weighted by molar-refractivity contribution is 5.62. The van der Waals surface area contributed by atoms with E-state index in [2.05, 4.69) is 97.5 Å². The summed E-state index contributed by atoms with van der Waals surface area (Å²) in [5.74, 6) is 0. The van der Waals surface area contributed by atoms with Crippen LogP contribution in [0.3, 0.4) is 0 Å². The number of benzene rings is 2. The van der Waals surface area contributed by atoms with Crippen LogP contribution in [0, 0.1) is 0 Å². The Morgan fingerprint density at radius 2 is 1.41 bits per heavy atom. The highest BCUT2D eigenvalue weighted by Crippen LogP contribution is 2.18. The van der Waals surface area contributed by atoms with Gasteiger partial charge in [0.2, 0.25) is 0 Å². The second-order valence-electron chi connectivity index (χ2n) is 6.28. The summed E-state index contributed by atoms with van der Waals surface area (Å²) in [7, 11) is 1.86. The normalized spacial score (nSPS) is 10.3. The molecule has 0 atom stereocenters. The monoisotopic (exact) mass is 387 g/mol. The minimum atomic E-state index is 0.805. The molecule has 0 aliphatic heterocycles. The van der Waals surface area contributed by atoms with Crippen LogP contribution in [-0.4, -0.2) is 11.6 Å². The SMILES string of the molecule is C=C.C=C.CCCn1cccc(-c2ccc(Cc3ccc(N)cc3)cc2)c1=NC. The molecule has 3 heteroatoms. The molecule has 0 bridgehead atoms. The zero-order chi connectivity index (χ0) is 21.6. The van der Waals surface area contributed by atoms with Crippen molar-refractivity contribution in [3.8, 4) is 11.1 Å². The number of hydrogen-bond donors (Lipinski definition) is 1. The van der Waals surface area contributed by atoms with E-state index in [4.69, 9.17) is 5.73 Å². The Bertz CT molecular complexity index is 917. The number of aryl methyl sites for hydroxylation is 1. The second kappa shape index (κ2) is 12.9. The number of aromatic nitrogens is 1. The van der Waals surface area contributed by atoms with Crippen molar-refractivity contribution in [3.05, 3.63) is 110 Å². The summed E-state index contributed by atoms with van der Waals surface area (Å²) in [5, 5.41) is 0. The molecule has 2 N–H and O–H groups in total. The Kier molecular flexibility index (Phi) is 10.6. The Morgan fingerprint density at radius 1 is 0.862 bits per heavy atom. The molecule has 0 spiro atoms. The van der Waals surface area contributed by atoms with Gasteiger partial charge in [0.15, 0.2) is 0 Å². The lowest BCUT2D eigenvalue weighted by atomic mass is 10.0. The van der Waals surface area contributed by atoms with E-state index in [1.54, 1.807) is 0 Å². The van der Waals surface area contributed by atoms with Gasteiger partial charge in [0.05, 0.1) is 0 Å². The highest BCUT2D eigenvalue weighted by atomic mass is 15.0. The number of anilines is 1. The standard InChI is InChI=1S/C22H25N3.2C2H4/c1-3-14-25-15-4-5-21(22(25)24-2)19-10-6-17(7-11-19)16-18-8-12-20(23)13-9-18;2*1-2/h4-13,15H,3,14,16,23H2,1-2H3;2*1-2H2. The minimum Gasteiger partial charge on any atom is -0.399 e. The van der Waals surface area contributed by atoms with Gasteiger partial charge in [0, 0.05) is 31.0 Å². The molecule has 0 unspecified atom stereocenters. The van der Waals surface area contributed by atoms with Gasteiger partial charge in [-0.1, -0.05) is 43.3 Å². The van der Waals surface area contributed by atoms with Crippen molar-refractivity contribution in [2.24, 2.45) is 4.99 Å². The average Bonchev–Trinajstić information content (AvgIpc) is 2.79. The molecule has 1 heterocycles. The lowest BCUT2D eigenvalue weighted by molar-refractivity contribution is 0.644. The summed E-state index contributed by atoms with van der Waals surface area (Å²) in [4.78, 5) is 4.51. The first-order valence-corrected chi connectivity index (χ1v) is 9.77. The Labute approximate surface area is 175 Å². The summed E-state index contributed by atoms with van der Waals surface area (Å²) in [6, 6.07) is 21.1. The summed E-state index contributed by atoms with van der Waals surface area (Å²) in [6.45, 7) is 15.2. The summed E-state index contributed by atoms with van der Waals surface area (Å²) < 4.78 is 2.22. The Morgan fingerprint density at radius 3 is 1.93 bits per heavy atom. The first kappa shape index (κ1) is 23.7. The van der Waals surface area contributed by atoms with Crippen LogP contribution in [0.15, 0.2) is 98.2 Å². The smallest absolute Gasteiger partial charge is 0.135 e. The van der Waals surface area contributed by atoms with Gasteiger partial charge >= 0.3 is 0 Å². The molecular formula is C26H33N3. The fourth-order valence-electron chi connectivity index (χ4n) is 3.11. The summed E-state index contributed by atoms with van der Waals surface area (Å²) in [6.07, 6.45) is 4.11. The molecule has 3 aromatic rings. The Hall–Kier alpha value is -3.33. The first-order valence-electron chi connectivity index (χ1n) is 9.77. The summed E-state index contributed by atoms with van der Waals surface area (Å²) >= 11 is 0. The van der Waals surface area contributed by atoms with Crippen LogP contribution in [0.4, 0.5) is 5.69 Å². The van der Waals surface area contributed by atoms with E-state index in [-0.39, 0.29) is 0 Å². The second-order valence-corrected chi connectivity index (χ2v) is 6.28. The number of nitrogen functional groups attached to an aromatic ring is 1. The molecule has 0 saturated carbocycles. The predicted molar refractivity (Wildman–Crippen MR) is 128 cm³/mol. The third-order valence-corrected chi connectivity index (χ3v) is 4.37. The molecule has 3 rings (SSSR count). The quantitative estimate of drug-likeness (QED) is 0.431. The number of rotatable bonds is 5. The van der Waals surface area contributed by atoms with Crippen LogP contribution in [0.2, 0.25) is 0 Å². The maximum Gasteiger partial charge on any atom is 0.135 e. The van der Waals surface area contributed by atoms with Crippen molar-refractivity contribution in [1.82, 2.24) is 4.57 Å². The molecule has 0 radical (unpaired) electrons. The van der Waals surface area contributed by atoms with Gasteiger partial charge in [0.1, 0.15) is 5.49 Å². The molecule has 0 aliphatic carbocycles. The molecule has 0 saturated heterocycles. The van der Waals surface area contributed by atoms with Crippen molar-refractivity contribution >= 4 is 5.69 Å². The maximum absolute atomic E-state index is 5.75. The average molecular weight is 388 g/mol. The van der Waals surface area contributed by atoms with E-state index in [0.717, 1.165) is 30.6 Å². The van der Waals surface area contributed by atoms with Crippen molar-refractivity contribution < 1.29 is 0 Å². The van der Waals surface area contributed by atoms with Crippen molar-refractivity contribution in [3.63, 3.8) is 0 Å². The van der Waals surface area contributed by atoms with E-state index < -0.39 is 0 Å². The van der Waals surface area contributed by atoms with Gasteiger partial charge in [-0.25, -0.2) is 0 Å². The molecule has 2 aromatic carbocycles. The zero-order valence-corrected chi connectivity index (χ0v) is 17.8. The number of pyridine rings is 1. The Balaban J connectivity index is 0.000000989. The number of hydrogen-bond acceptors (Lipinski definition) is 2. The predicted octanol–water partition coefficient (Wildman–Crippen LogP) is 5.87. The molecule has 0 aliphatic rings. The van der Waals surface area contributed by atoms with Gasteiger partial charge in [0.25, 0.3) is 0 Å². The van der Waals surface area contributed by atoms with Gasteiger partial charge < -0.3 is 10.3 Å². The largest absolute Gasteiger partial charge is 0.399 e.